The maximum Gasteiger partial charge on any atom is 0.338 e. The third kappa shape index (κ3) is 4.04. The van der Waals surface area contributed by atoms with Gasteiger partial charge in [-0.15, -0.1) is 0 Å². The van der Waals surface area contributed by atoms with Crippen LogP contribution in [0.15, 0.2) is 30.3 Å². The van der Waals surface area contributed by atoms with Crippen LogP contribution in [-0.4, -0.2) is 36.0 Å². The molecule has 0 radical (unpaired) electrons. The fourth-order valence-corrected chi connectivity index (χ4v) is 2.15. The van der Waals surface area contributed by atoms with E-state index in [1.54, 1.807) is 24.3 Å². The lowest BCUT2D eigenvalue weighted by Crippen LogP contribution is -2.35. The number of carbonyl (C=O) groups is 1. The summed E-state index contributed by atoms with van der Waals surface area (Å²) in [5, 5.41) is 9.54. The number of aliphatic hydroxyl groups excluding tert-OH is 1. The Bertz CT molecular complexity index is 417. The van der Waals surface area contributed by atoms with E-state index >= 15 is 0 Å². The van der Waals surface area contributed by atoms with Gasteiger partial charge in [-0.2, -0.15) is 0 Å². The van der Waals surface area contributed by atoms with E-state index in [2.05, 4.69) is 0 Å². The predicted octanol–water partition coefficient (Wildman–Crippen LogP) is 2.16. The van der Waals surface area contributed by atoms with E-state index in [0.717, 1.165) is 19.3 Å². The summed E-state index contributed by atoms with van der Waals surface area (Å²) in [6, 6.07) is 8.91. The summed E-state index contributed by atoms with van der Waals surface area (Å²) in [6.07, 6.45) is 1.99. The summed E-state index contributed by atoms with van der Waals surface area (Å²) in [7, 11) is 0. The number of rotatable bonds is 3. The van der Waals surface area contributed by atoms with Crippen molar-refractivity contribution in [1.29, 1.82) is 0 Å². The molecule has 0 aromatic heterocycles. The minimum absolute atomic E-state index is 0.216. The fourth-order valence-electron chi connectivity index (χ4n) is 2.15. The van der Waals surface area contributed by atoms with Gasteiger partial charge in [-0.05, 0) is 38.3 Å². The SMILES string of the molecule is C[C@]1(COC(=O)c2ccccc2)CCCC(O)CO1. The molecule has 1 N–H and O–H groups in total. The Hall–Kier alpha value is -1.39. The van der Waals surface area contributed by atoms with Crippen LogP contribution in [0.25, 0.3) is 0 Å². The highest BCUT2D eigenvalue weighted by molar-refractivity contribution is 5.89. The van der Waals surface area contributed by atoms with E-state index in [9.17, 15) is 9.90 Å². The van der Waals surface area contributed by atoms with E-state index in [0.29, 0.717) is 12.2 Å². The number of hydrogen-bond acceptors (Lipinski definition) is 4. The average Bonchev–Trinajstić information content (AvgIpc) is 2.60. The van der Waals surface area contributed by atoms with Crippen molar-refractivity contribution in [2.45, 2.75) is 37.9 Å². The Morgan fingerprint density at radius 3 is 2.95 bits per heavy atom. The van der Waals surface area contributed by atoms with Gasteiger partial charge in [0.25, 0.3) is 0 Å². The maximum absolute atomic E-state index is 11.9. The summed E-state index contributed by atoms with van der Waals surface area (Å²) >= 11 is 0. The van der Waals surface area contributed by atoms with Gasteiger partial charge in [0.05, 0.1) is 23.9 Å². The van der Waals surface area contributed by atoms with Crippen LogP contribution >= 0.6 is 0 Å². The molecule has 0 aliphatic carbocycles. The van der Waals surface area contributed by atoms with Gasteiger partial charge in [-0.1, -0.05) is 18.2 Å². The molecular weight excluding hydrogens is 244 g/mol. The van der Waals surface area contributed by atoms with Gasteiger partial charge in [0.1, 0.15) is 6.61 Å². The molecule has 1 heterocycles. The topological polar surface area (TPSA) is 55.8 Å². The van der Waals surface area contributed by atoms with E-state index in [-0.39, 0.29) is 12.6 Å². The summed E-state index contributed by atoms with van der Waals surface area (Å²) in [4.78, 5) is 11.9. The van der Waals surface area contributed by atoms with Crippen molar-refractivity contribution >= 4 is 5.97 Å². The van der Waals surface area contributed by atoms with Gasteiger partial charge in [0, 0.05) is 0 Å². The molecule has 1 aliphatic rings. The van der Waals surface area contributed by atoms with Crippen LogP contribution in [0.1, 0.15) is 36.5 Å². The van der Waals surface area contributed by atoms with E-state index < -0.39 is 11.7 Å². The minimum Gasteiger partial charge on any atom is -0.459 e. The first-order valence-electron chi connectivity index (χ1n) is 6.63. The first-order chi connectivity index (χ1) is 9.09. The van der Waals surface area contributed by atoms with Crippen LogP contribution in [0, 0.1) is 0 Å². The Morgan fingerprint density at radius 1 is 1.47 bits per heavy atom. The molecule has 1 fully saturated rings. The zero-order chi connectivity index (χ0) is 13.7. The Kier molecular flexibility index (Phi) is 4.56. The van der Waals surface area contributed by atoms with E-state index in [1.807, 2.05) is 13.0 Å². The largest absolute Gasteiger partial charge is 0.459 e. The molecular formula is C15H20O4. The molecule has 1 unspecified atom stereocenters. The molecule has 1 aromatic carbocycles. The summed E-state index contributed by atoms with van der Waals surface area (Å²) in [6.45, 7) is 2.44. The van der Waals surface area contributed by atoms with Crippen LogP contribution in [0.2, 0.25) is 0 Å². The molecule has 0 saturated carbocycles. The van der Waals surface area contributed by atoms with Crippen molar-refractivity contribution < 1.29 is 19.4 Å². The van der Waals surface area contributed by atoms with E-state index in [1.165, 1.54) is 0 Å². The molecule has 1 saturated heterocycles. The molecule has 2 atom stereocenters. The fraction of sp³-hybridized carbons (Fsp3) is 0.533. The van der Waals surface area contributed by atoms with Crippen LogP contribution < -0.4 is 0 Å². The van der Waals surface area contributed by atoms with Gasteiger partial charge in [0.2, 0.25) is 0 Å². The molecule has 104 valence electrons. The van der Waals surface area contributed by atoms with Gasteiger partial charge in [-0.3, -0.25) is 0 Å². The first kappa shape index (κ1) is 14.0. The number of benzene rings is 1. The van der Waals surface area contributed by atoms with Crippen LogP contribution in [0.5, 0.6) is 0 Å². The molecule has 0 amide bonds. The molecule has 4 nitrogen and oxygen atoms in total. The highest BCUT2D eigenvalue weighted by Crippen LogP contribution is 2.24. The number of hydrogen-bond donors (Lipinski definition) is 1. The highest BCUT2D eigenvalue weighted by atomic mass is 16.6. The lowest BCUT2D eigenvalue weighted by molar-refractivity contribution is -0.0890. The standard InChI is InChI=1S/C15H20O4/c1-15(9-5-8-13(16)10-19-15)11-18-14(17)12-6-3-2-4-7-12/h2-4,6-7,13,16H,5,8-11H2,1H3/t13?,15-/m1/s1. The third-order valence-electron chi connectivity index (χ3n) is 3.39. The van der Waals surface area contributed by atoms with Crippen LogP contribution in [0.4, 0.5) is 0 Å². The normalized spacial score (nSPS) is 27.6. The van der Waals surface area contributed by atoms with E-state index in [4.69, 9.17) is 9.47 Å². The van der Waals surface area contributed by atoms with Gasteiger partial charge >= 0.3 is 5.97 Å². The average molecular weight is 264 g/mol. The Morgan fingerprint density at radius 2 is 2.21 bits per heavy atom. The van der Waals surface area contributed by atoms with Gasteiger partial charge in [-0.25, -0.2) is 4.79 Å². The molecule has 4 heteroatoms. The maximum atomic E-state index is 11.9. The highest BCUT2D eigenvalue weighted by Gasteiger charge is 2.30. The van der Waals surface area contributed by atoms with Gasteiger partial charge < -0.3 is 14.6 Å². The van der Waals surface area contributed by atoms with Crippen molar-refractivity contribution in [3.05, 3.63) is 35.9 Å². The van der Waals surface area contributed by atoms with Crippen molar-refractivity contribution in [2.24, 2.45) is 0 Å². The van der Waals surface area contributed by atoms with Gasteiger partial charge in [0.15, 0.2) is 0 Å². The monoisotopic (exact) mass is 264 g/mol. The minimum atomic E-state index is -0.498. The lowest BCUT2D eigenvalue weighted by Gasteiger charge is -2.27. The Labute approximate surface area is 113 Å². The molecule has 0 bridgehead atoms. The summed E-state index contributed by atoms with van der Waals surface area (Å²) in [5.74, 6) is -0.338. The molecule has 1 aromatic rings. The quantitative estimate of drug-likeness (QED) is 0.850. The van der Waals surface area contributed by atoms with Crippen LogP contribution in [-0.2, 0) is 9.47 Å². The smallest absolute Gasteiger partial charge is 0.338 e. The van der Waals surface area contributed by atoms with Crippen molar-refractivity contribution in [3.8, 4) is 0 Å². The number of ether oxygens (including phenoxy) is 2. The van der Waals surface area contributed by atoms with Crippen LogP contribution in [0.3, 0.4) is 0 Å². The predicted molar refractivity (Wildman–Crippen MR) is 70.9 cm³/mol. The molecule has 0 spiro atoms. The first-order valence-corrected chi connectivity index (χ1v) is 6.63. The van der Waals surface area contributed by atoms with Crippen molar-refractivity contribution in [2.75, 3.05) is 13.2 Å². The molecule has 2 rings (SSSR count). The number of carbonyl (C=O) groups excluding carboxylic acids is 1. The van der Waals surface area contributed by atoms with Crippen molar-refractivity contribution in [3.63, 3.8) is 0 Å². The third-order valence-corrected chi connectivity index (χ3v) is 3.39. The second kappa shape index (κ2) is 6.17. The summed E-state index contributed by atoms with van der Waals surface area (Å²) in [5.41, 5.74) is 0.0433. The lowest BCUT2D eigenvalue weighted by atomic mass is 10.0. The number of aliphatic hydroxyl groups is 1. The zero-order valence-electron chi connectivity index (χ0n) is 11.2. The second-order valence-corrected chi connectivity index (χ2v) is 5.25. The van der Waals surface area contributed by atoms with Crippen molar-refractivity contribution in [1.82, 2.24) is 0 Å². The second-order valence-electron chi connectivity index (χ2n) is 5.25. The Balaban J connectivity index is 1.89. The molecule has 19 heavy (non-hydrogen) atoms. The summed E-state index contributed by atoms with van der Waals surface area (Å²) < 4.78 is 11.0. The number of esters is 1. The molecule has 1 aliphatic heterocycles. The zero-order valence-corrected chi connectivity index (χ0v) is 11.2.